The number of hydrogen-bond donors (Lipinski definition) is 1. The lowest BCUT2D eigenvalue weighted by atomic mass is 9.99. The minimum atomic E-state index is -0.228. The van der Waals surface area contributed by atoms with Crippen LogP contribution in [0.5, 0.6) is 0 Å². The molecule has 29 heavy (non-hydrogen) atoms. The lowest BCUT2D eigenvalue weighted by Crippen LogP contribution is -2.07. The fourth-order valence-corrected chi connectivity index (χ4v) is 4.44. The molecule has 0 unspecified atom stereocenters. The van der Waals surface area contributed by atoms with Crippen LogP contribution in [0.4, 0.5) is 0 Å². The molecule has 1 aromatic heterocycles. The van der Waals surface area contributed by atoms with Crippen LogP contribution in [0.3, 0.4) is 0 Å². The van der Waals surface area contributed by atoms with Crippen molar-refractivity contribution in [1.82, 2.24) is 4.98 Å². The summed E-state index contributed by atoms with van der Waals surface area (Å²) in [5.41, 5.74) is 5.41. The number of ether oxygens (including phenoxy) is 1. The summed E-state index contributed by atoms with van der Waals surface area (Å²) in [6.45, 7) is 2.41. The van der Waals surface area contributed by atoms with Gasteiger partial charge in [-0.1, -0.05) is 88.1 Å². The largest absolute Gasteiger partial charge is 0.456 e. The molecule has 158 valence electrons. The topological polar surface area (TPSA) is 42.1 Å². The number of carbonyl (C=O) groups excluding carboxylic acids is 1. The van der Waals surface area contributed by atoms with E-state index in [4.69, 9.17) is 4.74 Å². The minimum Gasteiger partial charge on any atom is -0.456 e. The standard InChI is InChI=1S/C26H37NO2/c1-21-23-18-14-9-7-5-3-2-4-6-8-10-15-19-24(23)27-25(21)26(28)29-20-22-16-12-11-13-17-22/h11-13,16-17,27H,2-10,14-15,18-20H2,1H3. The van der Waals surface area contributed by atoms with Gasteiger partial charge in [0.25, 0.3) is 0 Å². The number of aromatic amines is 1. The van der Waals surface area contributed by atoms with Crippen molar-refractivity contribution in [3.63, 3.8) is 0 Å². The van der Waals surface area contributed by atoms with Crippen molar-refractivity contribution >= 4 is 5.97 Å². The van der Waals surface area contributed by atoms with E-state index in [1.807, 2.05) is 30.3 Å². The van der Waals surface area contributed by atoms with Crippen molar-refractivity contribution in [3.8, 4) is 0 Å². The first-order chi connectivity index (χ1) is 14.3. The van der Waals surface area contributed by atoms with E-state index in [-0.39, 0.29) is 5.97 Å². The lowest BCUT2D eigenvalue weighted by Gasteiger charge is -2.06. The fourth-order valence-electron chi connectivity index (χ4n) is 4.44. The Labute approximate surface area is 176 Å². The highest BCUT2D eigenvalue weighted by molar-refractivity contribution is 5.89. The zero-order valence-electron chi connectivity index (χ0n) is 18.1. The predicted molar refractivity (Wildman–Crippen MR) is 119 cm³/mol. The first-order valence-electron chi connectivity index (χ1n) is 11.7. The van der Waals surface area contributed by atoms with E-state index in [0.29, 0.717) is 12.3 Å². The third-order valence-corrected chi connectivity index (χ3v) is 6.24. The van der Waals surface area contributed by atoms with Gasteiger partial charge in [-0.2, -0.15) is 0 Å². The van der Waals surface area contributed by atoms with Gasteiger partial charge in [-0.25, -0.2) is 4.79 Å². The van der Waals surface area contributed by atoms with Gasteiger partial charge in [0.1, 0.15) is 12.3 Å². The lowest BCUT2D eigenvalue weighted by molar-refractivity contribution is 0.0465. The average molecular weight is 396 g/mol. The van der Waals surface area contributed by atoms with Gasteiger partial charge in [0.15, 0.2) is 0 Å². The SMILES string of the molecule is Cc1c(C(=O)OCc2ccccc2)[nH]c2c1CCCCCCCCCCCCC2. The molecule has 0 amide bonds. The molecule has 0 saturated heterocycles. The third-order valence-electron chi connectivity index (χ3n) is 6.24. The van der Waals surface area contributed by atoms with Gasteiger partial charge in [-0.3, -0.25) is 0 Å². The Morgan fingerprint density at radius 1 is 0.828 bits per heavy atom. The van der Waals surface area contributed by atoms with Gasteiger partial charge in [-0.05, 0) is 49.3 Å². The monoisotopic (exact) mass is 395 g/mol. The summed E-state index contributed by atoms with van der Waals surface area (Å²) in [4.78, 5) is 16.2. The maximum atomic E-state index is 12.7. The van der Waals surface area contributed by atoms with Crippen LogP contribution >= 0.6 is 0 Å². The van der Waals surface area contributed by atoms with E-state index in [0.717, 1.165) is 24.0 Å². The number of benzene rings is 1. The highest BCUT2D eigenvalue weighted by Gasteiger charge is 2.20. The van der Waals surface area contributed by atoms with E-state index >= 15 is 0 Å². The summed E-state index contributed by atoms with van der Waals surface area (Å²) >= 11 is 0. The number of hydrogen-bond acceptors (Lipinski definition) is 2. The second kappa shape index (κ2) is 11.8. The molecule has 0 saturated carbocycles. The molecule has 3 heteroatoms. The van der Waals surface area contributed by atoms with Crippen molar-refractivity contribution < 1.29 is 9.53 Å². The number of aromatic nitrogens is 1. The molecule has 0 spiro atoms. The maximum absolute atomic E-state index is 12.7. The van der Waals surface area contributed by atoms with Crippen LogP contribution in [0.1, 0.15) is 104 Å². The molecule has 3 nitrogen and oxygen atoms in total. The zero-order chi connectivity index (χ0) is 20.3. The Kier molecular flexibility index (Phi) is 8.85. The van der Waals surface area contributed by atoms with Crippen molar-refractivity contribution in [2.24, 2.45) is 0 Å². The number of fused-ring (bicyclic) bond motifs is 1. The van der Waals surface area contributed by atoms with Gasteiger partial charge in [0.2, 0.25) is 0 Å². The molecule has 0 bridgehead atoms. The molecule has 1 aliphatic carbocycles. The summed E-state index contributed by atoms with van der Waals surface area (Å²) in [6, 6.07) is 9.89. The molecule has 1 aliphatic rings. The molecular weight excluding hydrogens is 358 g/mol. The van der Waals surface area contributed by atoms with Crippen LogP contribution in [0, 0.1) is 6.92 Å². The van der Waals surface area contributed by atoms with Crippen molar-refractivity contribution in [2.75, 3.05) is 0 Å². The Balaban J connectivity index is 1.66. The Morgan fingerprint density at radius 3 is 2.00 bits per heavy atom. The molecule has 0 atom stereocenters. The number of H-pyrrole nitrogens is 1. The maximum Gasteiger partial charge on any atom is 0.355 e. The van der Waals surface area contributed by atoms with Gasteiger partial charge in [0, 0.05) is 5.69 Å². The highest BCUT2D eigenvalue weighted by atomic mass is 16.5. The molecule has 1 heterocycles. The molecule has 1 N–H and O–H groups in total. The van der Waals surface area contributed by atoms with E-state index in [9.17, 15) is 4.79 Å². The fraction of sp³-hybridized carbons (Fsp3) is 0.577. The summed E-state index contributed by atoms with van der Waals surface area (Å²) in [5.74, 6) is -0.228. The van der Waals surface area contributed by atoms with Crippen LogP contribution < -0.4 is 0 Å². The van der Waals surface area contributed by atoms with Gasteiger partial charge >= 0.3 is 5.97 Å². The van der Waals surface area contributed by atoms with Crippen LogP contribution in [0.15, 0.2) is 30.3 Å². The Bertz CT molecular complexity index is 748. The second-order valence-corrected chi connectivity index (χ2v) is 8.53. The second-order valence-electron chi connectivity index (χ2n) is 8.53. The Morgan fingerprint density at radius 2 is 1.38 bits per heavy atom. The van der Waals surface area contributed by atoms with E-state index < -0.39 is 0 Å². The molecule has 0 aliphatic heterocycles. The number of rotatable bonds is 3. The highest BCUT2D eigenvalue weighted by Crippen LogP contribution is 2.25. The number of aryl methyl sites for hydroxylation is 1. The van der Waals surface area contributed by atoms with Crippen molar-refractivity contribution in [1.29, 1.82) is 0 Å². The van der Waals surface area contributed by atoms with Crippen LogP contribution in [-0.2, 0) is 24.2 Å². The quantitative estimate of drug-likeness (QED) is 0.565. The van der Waals surface area contributed by atoms with Crippen LogP contribution in [0.25, 0.3) is 0 Å². The van der Waals surface area contributed by atoms with Crippen LogP contribution in [0.2, 0.25) is 0 Å². The minimum absolute atomic E-state index is 0.228. The Hall–Kier alpha value is -2.03. The van der Waals surface area contributed by atoms with Crippen molar-refractivity contribution in [2.45, 2.75) is 97.0 Å². The molecule has 2 aromatic rings. The first-order valence-corrected chi connectivity index (χ1v) is 11.7. The van der Waals surface area contributed by atoms with Crippen LogP contribution in [-0.4, -0.2) is 11.0 Å². The number of carbonyl (C=O) groups is 1. The first kappa shape index (κ1) is 21.7. The van der Waals surface area contributed by atoms with E-state index in [1.54, 1.807) is 0 Å². The molecule has 0 radical (unpaired) electrons. The molecule has 1 aromatic carbocycles. The van der Waals surface area contributed by atoms with Gasteiger partial charge in [0.05, 0.1) is 0 Å². The molecule has 3 rings (SSSR count). The smallest absolute Gasteiger partial charge is 0.355 e. The third kappa shape index (κ3) is 6.76. The van der Waals surface area contributed by atoms with E-state index in [1.165, 1.54) is 81.9 Å². The number of nitrogens with one attached hydrogen (secondary N) is 1. The van der Waals surface area contributed by atoms with Crippen molar-refractivity contribution in [3.05, 3.63) is 58.4 Å². The van der Waals surface area contributed by atoms with Gasteiger partial charge < -0.3 is 9.72 Å². The summed E-state index contributed by atoms with van der Waals surface area (Å²) in [6.07, 6.45) is 16.7. The average Bonchev–Trinajstić information content (AvgIpc) is 3.05. The van der Waals surface area contributed by atoms with E-state index in [2.05, 4.69) is 11.9 Å². The summed E-state index contributed by atoms with van der Waals surface area (Å²) in [5, 5.41) is 0. The number of esters is 1. The predicted octanol–water partition coefficient (Wildman–Crippen LogP) is 7.07. The molecule has 0 fully saturated rings. The summed E-state index contributed by atoms with van der Waals surface area (Å²) in [7, 11) is 0. The summed E-state index contributed by atoms with van der Waals surface area (Å²) < 4.78 is 5.60. The van der Waals surface area contributed by atoms with Gasteiger partial charge in [-0.15, -0.1) is 0 Å². The zero-order valence-corrected chi connectivity index (χ0v) is 18.1. The normalized spacial score (nSPS) is 17.0. The molecular formula is C26H37NO2.